The number of nitrogens with one attached hydrogen (secondary N) is 1. The molecule has 1 amide bonds. The maximum atomic E-state index is 13.3. The van der Waals surface area contributed by atoms with Gasteiger partial charge in [-0.1, -0.05) is 12.1 Å². The van der Waals surface area contributed by atoms with Crippen LogP contribution in [0.25, 0.3) is 0 Å². The van der Waals surface area contributed by atoms with E-state index in [4.69, 9.17) is 9.84 Å². The van der Waals surface area contributed by atoms with Gasteiger partial charge in [0.2, 0.25) is 0 Å². The molecule has 1 aromatic heterocycles. The quantitative estimate of drug-likeness (QED) is 0.316. The highest BCUT2D eigenvalue weighted by Gasteiger charge is 2.39. The molecule has 1 N–H and O–H groups in total. The molecule has 5 rings (SSSR count). The lowest BCUT2D eigenvalue weighted by atomic mass is 9.75. The molecule has 228 valence electrons. The van der Waals surface area contributed by atoms with Crippen LogP contribution in [0.4, 0.5) is 0 Å². The van der Waals surface area contributed by atoms with E-state index in [0.29, 0.717) is 82.5 Å². The highest BCUT2D eigenvalue weighted by Crippen LogP contribution is 2.38. The smallest absolute Gasteiger partial charge is 0.269 e. The topological polar surface area (TPSA) is 124 Å². The number of sulfone groups is 1. The largest absolute Gasteiger partial charge is 0.381 e. The second-order valence-corrected chi connectivity index (χ2v) is 14.6. The minimum atomic E-state index is -3.57. The average Bonchev–Trinajstić information content (AvgIpc) is 3.28. The SMILES string of the molecule is CCn1nc(CCCCC(=O)c2cccc(S(=O)(=O)C3CCC(C(C)=O)CC3)c2)c2c1C(=O)NCC1(CCOCC1)C2. The first kappa shape index (κ1) is 30.6. The van der Waals surface area contributed by atoms with Gasteiger partial charge in [-0.3, -0.25) is 19.1 Å². The summed E-state index contributed by atoms with van der Waals surface area (Å²) in [6.45, 7) is 6.23. The summed E-state index contributed by atoms with van der Waals surface area (Å²) < 4.78 is 34.1. The molecule has 0 atom stereocenters. The number of rotatable bonds is 10. The lowest BCUT2D eigenvalue weighted by Crippen LogP contribution is -2.40. The highest BCUT2D eigenvalue weighted by atomic mass is 32.2. The fraction of sp³-hybridized carbons (Fsp3) is 0.625. The van der Waals surface area contributed by atoms with Crippen molar-refractivity contribution in [3.05, 3.63) is 46.8 Å². The molecule has 0 unspecified atom stereocenters. The Kier molecular flexibility index (Phi) is 9.32. The molecule has 2 aliphatic heterocycles. The molecule has 1 aromatic carbocycles. The van der Waals surface area contributed by atoms with Crippen molar-refractivity contribution in [2.45, 2.75) is 101 Å². The first-order valence-corrected chi connectivity index (χ1v) is 17.0. The zero-order valence-corrected chi connectivity index (χ0v) is 25.6. The van der Waals surface area contributed by atoms with Gasteiger partial charge in [0.25, 0.3) is 5.91 Å². The van der Waals surface area contributed by atoms with Crippen molar-refractivity contribution in [3.63, 3.8) is 0 Å². The summed E-state index contributed by atoms with van der Waals surface area (Å²) in [4.78, 5) is 38.0. The third kappa shape index (κ3) is 6.39. The Morgan fingerprint density at radius 1 is 1.12 bits per heavy atom. The number of Topliss-reactive ketones (excluding diaryl/α,β-unsaturated/α-hetero) is 2. The number of benzene rings is 1. The third-order valence-electron chi connectivity index (χ3n) is 9.62. The van der Waals surface area contributed by atoms with E-state index in [1.807, 2.05) is 11.6 Å². The molecule has 0 radical (unpaired) electrons. The lowest BCUT2D eigenvalue weighted by Gasteiger charge is -2.36. The number of hydrogen-bond acceptors (Lipinski definition) is 7. The summed E-state index contributed by atoms with van der Waals surface area (Å²) in [6, 6.07) is 6.41. The summed E-state index contributed by atoms with van der Waals surface area (Å²) in [5.74, 6) is -0.0619. The van der Waals surface area contributed by atoms with Gasteiger partial charge < -0.3 is 10.1 Å². The van der Waals surface area contributed by atoms with E-state index >= 15 is 0 Å². The third-order valence-corrected chi connectivity index (χ3v) is 11.9. The van der Waals surface area contributed by atoms with Crippen molar-refractivity contribution >= 4 is 27.3 Å². The van der Waals surface area contributed by atoms with Crippen LogP contribution in [0.2, 0.25) is 0 Å². The normalized spacial score (nSPS) is 22.3. The Bertz CT molecular complexity index is 1430. The number of amides is 1. The standard InChI is InChI=1S/C32H43N3O6S/c1-3-35-30-27(20-32(21-33-31(30)38)15-17-41-18-16-32)28(34-35)9-4-5-10-29(37)24-7-6-8-26(19-24)42(39,40)25-13-11-23(12-14-25)22(2)36/h6-8,19,23,25H,3-5,9-18,20-21H2,1-2H3,(H,33,38). The number of ether oxygens (including phenoxy) is 1. The van der Waals surface area contributed by atoms with Gasteiger partial charge in [0.15, 0.2) is 15.6 Å². The first-order chi connectivity index (χ1) is 20.1. The number of hydrogen-bond donors (Lipinski definition) is 1. The predicted octanol–water partition coefficient (Wildman–Crippen LogP) is 4.50. The van der Waals surface area contributed by atoms with E-state index in [0.717, 1.165) is 36.9 Å². The molecule has 2 aromatic rings. The molecule has 10 heteroatoms. The van der Waals surface area contributed by atoms with E-state index in [-0.39, 0.29) is 33.7 Å². The summed E-state index contributed by atoms with van der Waals surface area (Å²) >= 11 is 0. The Labute approximate surface area is 248 Å². The van der Waals surface area contributed by atoms with Crippen molar-refractivity contribution in [1.82, 2.24) is 15.1 Å². The number of carbonyl (C=O) groups is 3. The van der Waals surface area contributed by atoms with E-state index in [1.54, 1.807) is 25.1 Å². The van der Waals surface area contributed by atoms with Crippen LogP contribution in [0.5, 0.6) is 0 Å². The van der Waals surface area contributed by atoms with Gasteiger partial charge in [-0.15, -0.1) is 0 Å². The predicted molar refractivity (Wildman–Crippen MR) is 158 cm³/mol. The molecule has 0 bridgehead atoms. The van der Waals surface area contributed by atoms with E-state index in [1.165, 1.54) is 6.07 Å². The van der Waals surface area contributed by atoms with Gasteiger partial charge in [0, 0.05) is 49.8 Å². The van der Waals surface area contributed by atoms with Crippen LogP contribution in [0.3, 0.4) is 0 Å². The summed E-state index contributed by atoms with van der Waals surface area (Å²) in [5, 5.41) is 7.43. The maximum absolute atomic E-state index is 13.3. The molecule has 1 aliphatic carbocycles. The molecule has 2 fully saturated rings. The molecule has 3 aliphatic rings. The summed E-state index contributed by atoms with van der Waals surface area (Å²) in [5.41, 5.74) is 3.05. The van der Waals surface area contributed by atoms with Crippen LogP contribution < -0.4 is 5.32 Å². The summed E-state index contributed by atoms with van der Waals surface area (Å²) in [6.07, 6.45) is 7.13. The number of unbranched alkanes of at least 4 members (excludes halogenated alkanes) is 1. The Hall–Kier alpha value is -2.85. The molecular weight excluding hydrogens is 554 g/mol. The zero-order chi connectivity index (χ0) is 29.9. The number of carbonyl (C=O) groups excluding carboxylic acids is 3. The molecule has 9 nitrogen and oxygen atoms in total. The van der Waals surface area contributed by atoms with Crippen LogP contribution in [-0.2, 0) is 38.8 Å². The van der Waals surface area contributed by atoms with Crippen LogP contribution >= 0.6 is 0 Å². The Morgan fingerprint density at radius 2 is 1.86 bits per heavy atom. The van der Waals surface area contributed by atoms with Gasteiger partial charge in [0.1, 0.15) is 11.5 Å². The number of ketones is 2. The van der Waals surface area contributed by atoms with Crippen molar-refractivity contribution < 1.29 is 27.5 Å². The second kappa shape index (κ2) is 12.8. The van der Waals surface area contributed by atoms with E-state index in [2.05, 4.69) is 5.32 Å². The minimum absolute atomic E-state index is 0.0103. The zero-order valence-electron chi connectivity index (χ0n) is 24.8. The minimum Gasteiger partial charge on any atom is -0.381 e. The van der Waals surface area contributed by atoms with Crippen LogP contribution in [0, 0.1) is 11.3 Å². The van der Waals surface area contributed by atoms with Crippen molar-refractivity contribution in [3.8, 4) is 0 Å². The van der Waals surface area contributed by atoms with E-state index in [9.17, 15) is 22.8 Å². The highest BCUT2D eigenvalue weighted by molar-refractivity contribution is 7.92. The summed E-state index contributed by atoms with van der Waals surface area (Å²) in [7, 11) is -3.57. The molecular formula is C32H43N3O6S. The fourth-order valence-corrected chi connectivity index (χ4v) is 8.74. The molecule has 3 heterocycles. The Balaban J connectivity index is 1.21. The molecule has 1 spiro atoms. The molecule has 1 saturated carbocycles. The number of nitrogens with zero attached hydrogens (tertiary/aromatic N) is 2. The number of fused-ring (bicyclic) bond motifs is 1. The van der Waals surface area contributed by atoms with Crippen molar-refractivity contribution in [2.24, 2.45) is 11.3 Å². The maximum Gasteiger partial charge on any atom is 0.269 e. The van der Waals surface area contributed by atoms with Gasteiger partial charge >= 0.3 is 0 Å². The fourth-order valence-electron chi connectivity index (χ4n) is 6.91. The monoisotopic (exact) mass is 597 g/mol. The van der Waals surface area contributed by atoms with Crippen molar-refractivity contribution in [2.75, 3.05) is 19.8 Å². The Morgan fingerprint density at radius 3 is 2.55 bits per heavy atom. The van der Waals surface area contributed by atoms with Gasteiger partial charge in [0.05, 0.1) is 15.8 Å². The number of aryl methyl sites for hydroxylation is 2. The van der Waals surface area contributed by atoms with Crippen LogP contribution in [-0.4, -0.2) is 60.7 Å². The first-order valence-electron chi connectivity index (χ1n) is 15.5. The van der Waals surface area contributed by atoms with Crippen molar-refractivity contribution in [1.29, 1.82) is 0 Å². The molecule has 1 saturated heterocycles. The second-order valence-electron chi connectivity index (χ2n) is 12.3. The number of aromatic nitrogens is 2. The van der Waals surface area contributed by atoms with E-state index < -0.39 is 15.1 Å². The van der Waals surface area contributed by atoms with Gasteiger partial charge in [-0.05, 0) is 95.6 Å². The van der Waals surface area contributed by atoms with Gasteiger partial charge in [-0.2, -0.15) is 5.10 Å². The van der Waals surface area contributed by atoms with Crippen LogP contribution in [0.1, 0.15) is 104 Å². The average molecular weight is 598 g/mol. The molecule has 42 heavy (non-hydrogen) atoms. The van der Waals surface area contributed by atoms with Crippen LogP contribution in [0.15, 0.2) is 29.2 Å². The lowest BCUT2D eigenvalue weighted by molar-refractivity contribution is -0.121. The van der Waals surface area contributed by atoms with Gasteiger partial charge in [-0.25, -0.2) is 8.42 Å².